The summed E-state index contributed by atoms with van der Waals surface area (Å²) in [5, 5.41) is 6.27. The normalized spacial score (nSPS) is 10.7. The lowest BCUT2D eigenvalue weighted by atomic mass is 9.87. The van der Waals surface area contributed by atoms with E-state index in [0.717, 1.165) is 22.1 Å². The van der Waals surface area contributed by atoms with Gasteiger partial charge in [0.25, 0.3) is 0 Å². The van der Waals surface area contributed by atoms with Gasteiger partial charge < -0.3 is 34.2 Å². The molecule has 224 valence electrons. The van der Waals surface area contributed by atoms with Crippen molar-refractivity contribution in [2.24, 2.45) is 0 Å². The van der Waals surface area contributed by atoms with E-state index >= 15 is 0 Å². The third-order valence-electron chi connectivity index (χ3n) is 6.57. The number of hydrogen-bond donors (Lipinski definition) is 2. The second kappa shape index (κ2) is 17.2. The molecule has 0 atom stereocenters. The molecule has 0 aliphatic heterocycles. The fraction of sp³-hybridized carbons (Fsp3) is 0.250. The summed E-state index contributed by atoms with van der Waals surface area (Å²) in [6.45, 7) is 3.02. The molecule has 7 nitrogen and oxygen atoms in total. The Bertz CT molecular complexity index is 1310. The van der Waals surface area contributed by atoms with E-state index in [9.17, 15) is 8.78 Å². The molecule has 43 heavy (non-hydrogen) atoms. The summed E-state index contributed by atoms with van der Waals surface area (Å²) in [6.07, 6.45) is 0. The van der Waals surface area contributed by atoms with Gasteiger partial charge >= 0.3 is 15.0 Å². The highest BCUT2D eigenvalue weighted by Crippen LogP contribution is 2.25. The van der Waals surface area contributed by atoms with Gasteiger partial charge in [0, 0.05) is 38.4 Å². The first-order valence-corrected chi connectivity index (χ1v) is 14.1. The second-order valence-corrected chi connectivity index (χ2v) is 9.77. The minimum Gasteiger partial charge on any atom is -0.495 e. The SMILES string of the molecule is COc1ccc(F)cc1NCCOBc1ccc(COCc2ccc(BOCCNc3cc(F)ccc3OC)cc2)cc1. The number of nitrogens with one attached hydrogen (secondary N) is 2. The van der Waals surface area contributed by atoms with Crippen molar-refractivity contribution in [2.45, 2.75) is 13.2 Å². The predicted molar refractivity (Wildman–Crippen MR) is 170 cm³/mol. The van der Waals surface area contributed by atoms with Gasteiger partial charge in [-0.15, -0.1) is 0 Å². The molecule has 0 aliphatic rings. The third kappa shape index (κ3) is 10.6. The van der Waals surface area contributed by atoms with Crippen molar-refractivity contribution in [3.8, 4) is 11.5 Å². The van der Waals surface area contributed by atoms with Crippen LogP contribution in [0.1, 0.15) is 11.1 Å². The van der Waals surface area contributed by atoms with Crippen LogP contribution in [-0.2, 0) is 27.3 Å². The number of benzene rings is 4. The van der Waals surface area contributed by atoms with Crippen LogP contribution in [0.5, 0.6) is 11.5 Å². The van der Waals surface area contributed by atoms with E-state index in [1.54, 1.807) is 26.4 Å². The molecule has 0 fully saturated rings. The Morgan fingerprint density at radius 3 is 1.40 bits per heavy atom. The molecule has 4 aromatic carbocycles. The van der Waals surface area contributed by atoms with E-state index in [4.69, 9.17) is 23.5 Å². The van der Waals surface area contributed by atoms with Crippen LogP contribution in [0, 0.1) is 11.6 Å². The van der Waals surface area contributed by atoms with Gasteiger partial charge in [-0.05, 0) is 35.4 Å². The molecule has 0 saturated carbocycles. The number of methoxy groups -OCH3 is 2. The Kier molecular flexibility index (Phi) is 12.7. The first-order chi connectivity index (χ1) is 21.0. The summed E-state index contributed by atoms with van der Waals surface area (Å²) in [7, 11) is 4.07. The lowest BCUT2D eigenvalue weighted by Crippen LogP contribution is -2.21. The molecule has 2 N–H and O–H groups in total. The highest BCUT2D eigenvalue weighted by molar-refractivity contribution is 6.47. The number of rotatable bonds is 18. The summed E-state index contributed by atoms with van der Waals surface area (Å²) in [4.78, 5) is 0. The van der Waals surface area contributed by atoms with Crippen molar-refractivity contribution in [3.63, 3.8) is 0 Å². The summed E-state index contributed by atoms with van der Waals surface area (Å²) in [5.41, 5.74) is 5.50. The molecule has 11 heteroatoms. The number of hydrogen-bond acceptors (Lipinski definition) is 7. The Morgan fingerprint density at radius 1 is 0.581 bits per heavy atom. The van der Waals surface area contributed by atoms with E-state index in [0.29, 0.717) is 77.4 Å². The maximum Gasteiger partial charge on any atom is 0.308 e. The Hall–Kier alpha value is -4.05. The predicted octanol–water partition coefficient (Wildman–Crippen LogP) is 3.91. The summed E-state index contributed by atoms with van der Waals surface area (Å²) < 4.78 is 54.8. The van der Waals surface area contributed by atoms with Crippen LogP contribution in [0.3, 0.4) is 0 Å². The van der Waals surface area contributed by atoms with Crippen molar-refractivity contribution in [1.82, 2.24) is 0 Å². The maximum absolute atomic E-state index is 13.5. The lowest BCUT2D eigenvalue weighted by molar-refractivity contribution is 0.107. The average molecular weight is 588 g/mol. The van der Waals surface area contributed by atoms with Crippen LogP contribution < -0.4 is 31.0 Å². The Labute approximate surface area is 253 Å². The molecule has 0 heterocycles. The van der Waals surface area contributed by atoms with Gasteiger partial charge in [-0.3, -0.25) is 0 Å². The smallest absolute Gasteiger partial charge is 0.308 e. The minimum absolute atomic E-state index is 0.320. The largest absolute Gasteiger partial charge is 0.495 e. The zero-order chi connectivity index (χ0) is 30.3. The molecule has 4 aromatic rings. The first kappa shape index (κ1) is 31.9. The molecular weight excluding hydrogens is 552 g/mol. The van der Waals surface area contributed by atoms with Gasteiger partial charge in [0.1, 0.15) is 23.1 Å². The standard InChI is InChI=1S/C32H36B2F2N2O5/c1-39-31-13-11-27(35)19-29(31)37-15-17-42-33-25-7-3-23(4-8-25)21-41-22-24-5-9-26(10-6-24)34-43-18-16-38-30-20-28(36)12-14-32(30)40-2/h3-14,19-20,33-34,37-38H,15-18,21-22H2,1-2H3. The van der Waals surface area contributed by atoms with Gasteiger partial charge in [0.05, 0.1) is 38.8 Å². The van der Waals surface area contributed by atoms with Crippen molar-refractivity contribution in [2.75, 3.05) is 51.2 Å². The van der Waals surface area contributed by atoms with Crippen molar-refractivity contribution in [1.29, 1.82) is 0 Å². The van der Waals surface area contributed by atoms with Gasteiger partial charge in [-0.2, -0.15) is 0 Å². The lowest BCUT2D eigenvalue weighted by Gasteiger charge is -2.11. The van der Waals surface area contributed by atoms with Crippen LogP contribution in [-0.4, -0.2) is 55.5 Å². The number of halogens is 2. The van der Waals surface area contributed by atoms with Crippen molar-refractivity contribution >= 4 is 37.3 Å². The highest BCUT2D eigenvalue weighted by atomic mass is 19.1. The molecule has 0 spiro atoms. The van der Waals surface area contributed by atoms with Gasteiger partial charge in [0.15, 0.2) is 0 Å². The molecule has 0 unspecified atom stereocenters. The van der Waals surface area contributed by atoms with E-state index < -0.39 is 0 Å². The van der Waals surface area contributed by atoms with Gasteiger partial charge in [-0.25, -0.2) is 8.78 Å². The number of anilines is 2. The number of ether oxygens (including phenoxy) is 3. The minimum atomic E-state index is -0.320. The molecule has 0 radical (unpaired) electrons. The van der Waals surface area contributed by atoms with E-state index in [-0.39, 0.29) is 11.6 Å². The molecule has 0 aliphatic carbocycles. The van der Waals surface area contributed by atoms with Crippen LogP contribution >= 0.6 is 0 Å². The monoisotopic (exact) mass is 588 g/mol. The quantitative estimate of drug-likeness (QED) is 0.135. The Balaban J connectivity index is 1.07. The Morgan fingerprint density at radius 2 is 1.00 bits per heavy atom. The van der Waals surface area contributed by atoms with Gasteiger partial charge in [0.2, 0.25) is 0 Å². The van der Waals surface area contributed by atoms with Crippen LogP contribution in [0.4, 0.5) is 20.2 Å². The van der Waals surface area contributed by atoms with Crippen LogP contribution in [0.25, 0.3) is 0 Å². The van der Waals surface area contributed by atoms with Gasteiger partial charge in [-0.1, -0.05) is 59.5 Å². The summed E-state index contributed by atoms with van der Waals surface area (Å²) >= 11 is 0. The fourth-order valence-electron chi connectivity index (χ4n) is 4.28. The zero-order valence-electron chi connectivity index (χ0n) is 24.5. The average Bonchev–Trinajstić information content (AvgIpc) is 3.02. The molecular formula is C32H36B2F2N2O5. The zero-order valence-corrected chi connectivity index (χ0v) is 24.5. The van der Waals surface area contributed by atoms with Crippen molar-refractivity contribution in [3.05, 3.63) is 108 Å². The van der Waals surface area contributed by atoms with Crippen molar-refractivity contribution < 1.29 is 32.3 Å². The molecule has 0 saturated heterocycles. The topological polar surface area (TPSA) is 70.2 Å². The summed E-state index contributed by atoms with van der Waals surface area (Å²) in [5.74, 6) is 0.542. The van der Waals surface area contributed by atoms with E-state index in [2.05, 4.69) is 10.6 Å². The maximum atomic E-state index is 13.5. The molecule has 0 amide bonds. The fourth-order valence-corrected chi connectivity index (χ4v) is 4.28. The van der Waals surface area contributed by atoms with Crippen LogP contribution in [0.2, 0.25) is 0 Å². The highest BCUT2D eigenvalue weighted by Gasteiger charge is 2.06. The summed E-state index contributed by atoms with van der Waals surface area (Å²) in [6, 6.07) is 25.0. The molecule has 0 bridgehead atoms. The molecule has 0 aromatic heterocycles. The van der Waals surface area contributed by atoms with E-state index in [1.807, 2.05) is 48.5 Å². The van der Waals surface area contributed by atoms with E-state index in [1.165, 1.54) is 24.3 Å². The molecule has 4 rings (SSSR count). The van der Waals surface area contributed by atoms with Crippen LogP contribution in [0.15, 0.2) is 84.9 Å². The third-order valence-corrected chi connectivity index (χ3v) is 6.57. The first-order valence-electron chi connectivity index (χ1n) is 14.1. The second-order valence-electron chi connectivity index (χ2n) is 9.77.